The van der Waals surface area contributed by atoms with E-state index in [4.69, 9.17) is 5.73 Å². The van der Waals surface area contributed by atoms with Crippen LogP contribution in [0.2, 0.25) is 0 Å². The highest BCUT2D eigenvalue weighted by Gasteiger charge is 2.21. The van der Waals surface area contributed by atoms with Gasteiger partial charge in [-0.1, -0.05) is 13.8 Å². The molecule has 2 rings (SSSR count). The SMILES string of the molecule is CC(C)c1c(C(N)=O)nn2cc[nH]c(=O)c12. The zero-order chi connectivity index (χ0) is 11.9. The van der Waals surface area contributed by atoms with Gasteiger partial charge >= 0.3 is 0 Å². The zero-order valence-electron chi connectivity index (χ0n) is 9.02. The molecule has 1 amide bonds. The Morgan fingerprint density at radius 2 is 2.25 bits per heavy atom. The fourth-order valence-electron chi connectivity index (χ4n) is 1.76. The number of carbonyl (C=O) groups is 1. The molecule has 6 heteroatoms. The first-order valence-electron chi connectivity index (χ1n) is 4.92. The number of aromatic amines is 1. The lowest BCUT2D eigenvalue weighted by molar-refractivity contribution is 0.0994. The number of rotatable bonds is 2. The molecule has 0 saturated carbocycles. The topological polar surface area (TPSA) is 93.2 Å². The van der Waals surface area contributed by atoms with Gasteiger partial charge in [-0.3, -0.25) is 9.59 Å². The lowest BCUT2D eigenvalue weighted by Gasteiger charge is -2.02. The quantitative estimate of drug-likeness (QED) is 0.759. The average molecular weight is 220 g/mol. The Labute approximate surface area is 91.1 Å². The van der Waals surface area contributed by atoms with Crippen molar-refractivity contribution in [3.05, 3.63) is 34.0 Å². The van der Waals surface area contributed by atoms with Crippen molar-refractivity contribution in [2.45, 2.75) is 19.8 Å². The van der Waals surface area contributed by atoms with Gasteiger partial charge in [0.05, 0.1) is 0 Å². The monoisotopic (exact) mass is 220 g/mol. The van der Waals surface area contributed by atoms with Crippen LogP contribution >= 0.6 is 0 Å². The molecule has 2 aromatic heterocycles. The lowest BCUT2D eigenvalue weighted by Crippen LogP contribution is -2.15. The highest BCUT2D eigenvalue weighted by molar-refractivity contribution is 5.94. The second-order valence-corrected chi connectivity index (χ2v) is 3.86. The molecular formula is C10H12N4O2. The maximum absolute atomic E-state index is 11.7. The van der Waals surface area contributed by atoms with Gasteiger partial charge in [0.15, 0.2) is 5.69 Å². The molecule has 0 saturated heterocycles. The summed E-state index contributed by atoms with van der Waals surface area (Å²) in [4.78, 5) is 25.5. The standard InChI is InChI=1S/C10H12N4O2/c1-5(2)6-7(9(11)15)13-14-4-3-12-10(16)8(6)14/h3-5H,1-2H3,(H2,11,15)(H,12,16). The molecule has 0 aliphatic heterocycles. The van der Waals surface area contributed by atoms with E-state index < -0.39 is 5.91 Å². The first kappa shape index (κ1) is 10.4. The van der Waals surface area contributed by atoms with Crippen molar-refractivity contribution in [1.29, 1.82) is 0 Å². The van der Waals surface area contributed by atoms with Crippen molar-refractivity contribution in [1.82, 2.24) is 14.6 Å². The molecular weight excluding hydrogens is 208 g/mol. The van der Waals surface area contributed by atoms with Crippen molar-refractivity contribution in [3.63, 3.8) is 0 Å². The second-order valence-electron chi connectivity index (χ2n) is 3.86. The summed E-state index contributed by atoms with van der Waals surface area (Å²) in [6, 6.07) is 0. The van der Waals surface area contributed by atoms with Gasteiger partial charge in [-0.15, -0.1) is 0 Å². The maximum atomic E-state index is 11.7. The molecule has 3 N–H and O–H groups in total. The highest BCUT2D eigenvalue weighted by atomic mass is 16.1. The van der Waals surface area contributed by atoms with Crippen LogP contribution in [0.25, 0.3) is 5.52 Å². The fourth-order valence-corrected chi connectivity index (χ4v) is 1.76. The van der Waals surface area contributed by atoms with Crippen molar-refractivity contribution in [3.8, 4) is 0 Å². The van der Waals surface area contributed by atoms with Crippen LogP contribution in [0.5, 0.6) is 0 Å². The van der Waals surface area contributed by atoms with Crippen molar-refractivity contribution >= 4 is 11.4 Å². The molecule has 0 bridgehead atoms. The normalized spacial score (nSPS) is 11.2. The molecule has 0 fully saturated rings. The van der Waals surface area contributed by atoms with E-state index in [0.717, 1.165) is 0 Å². The molecule has 2 heterocycles. The average Bonchev–Trinajstić information content (AvgIpc) is 2.58. The van der Waals surface area contributed by atoms with Crippen LogP contribution in [0, 0.1) is 0 Å². The van der Waals surface area contributed by atoms with Gasteiger partial charge in [0.2, 0.25) is 0 Å². The van der Waals surface area contributed by atoms with E-state index in [1.807, 2.05) is 13.8 Å². The Morgan fingerprint density at radius 3 is 2.81 bits per heavy atom. The molecule has 2 aromatic rings. The number of nitrogens with one attached hydrogen (secondary N) is 1. The van der Waals surface area contributed by atoms with Crippen LogP contribution in [0.4, 0.5) is 0 Å². The Kier molecular flexibility index (Phi) is 2.26. The number of nitrogens with two attached hydrogens (primary N) is 1. The van der Waals surface area contributed by atoms with E-state index in [-0.39, 0.29) is 17.2 Å². The summed E-state index contributed by atoms with van der Waals surface area (Å²) in [6.07, 6.45) is 3.05. The molecule has 0 radical (unpaired) electrons. The summed E-state index contributed by atoms with van der Waals surface area (Å²) >= 11 is 0. The second kappa shape index (κ2) is 3.48. The molecule has 0 aromatic carbocycles. The summed E-state index contributed by atoms with van der Waals surface area (Å²) in [6.45, 7) is 3.77. The maximum Gasteiger partial charge on any atom is 0.274 e. The number of aromatic nitrogens is 3. The largest absolute Gasteiger partial charge is 0.364 e. The fraction of sp³-hybridized carbons (Fsp3) is 0.300. The first-order valence-corrected chi connectivity index (χ1v) is 4.92. The van der Waals surface area contributed by atoms with Crippen LogP contribution in [0.1, 0.15) is 35.8 Å². The number of fused-ring (bicyclic) bond motifs is 1. The Morgan fingerprint density at radius 1 is 1.56 bits per heavy atom. The predicted octanol–water partition coefficient (Wildman–Crippen LogP) is 0.245. The number of hydrogen-bond donors (Lipinski definition) is 2. The van der Waals surface area contributed by atoms with Gasteiger partial charge < -0.3 is 10.7 Å². The number of amides is 1. The number of H-pyrrole nitrogens is 1. The van der Waals surface area contributed by atoms with Gasteiger partial charge in [0.25, 0.3) is 11.5 Å². The lowest BCUT2D eigenvalue weighted by atomic mass is 10.0. The van der Waals surface area contributed by atoms with Gasteiger partial charge in [-0.2, -0.15) is 5.10 Å². The van der Waals surface area contributed by atoms with E-state index in [0.29, 0.717) is 11.1 Å². The summed E-state index contributed by atoms with van der Waals surface area (Å²) < 4.78 is 1.38. The third kappa shape index (κ3) is 1.39. The van der Waals surface area contributed by atoms with Crippen molar-refractivity contribution in [2.24, 2.45) is 5.73 Å². The van der Waals surface area contributed by atoms with Crippen LogP contribution in [0.15, 0.2) is 17.2 Å². The summed E-state index contributed by atoms with van der Waals surface area (Å²) in [5, 5.41) is 4.02. The number of carbonyl (C=O) groups excluding carboxylic acids is 1. The molecule has 0 spiro atoms. The van der Waals surface area contributed by atoms with E-state index in [1.54, 1.807) is 6.20 Å². The van der Waals surface area contributed by atoms with Gasteiger partial charge in [-0.25, -0.2) is 4.52 Å². The Balaban J connectivity index is 2.94. The Hall–Kier alpha value is -2.11. The Bertz CT molecular complexity index is 609. The minimum Gasteiger partial charge on any atom is -0.364 e. The third-order valence-corrected chi connectivity index (χ3v) is 2.40. The number of hydrogen-bond acceptors (Lipinski definition) is 3. The first-order chi connectivity index (χ1) is 7.52. The summed E-state index contributed by atoms with van der Waals surface area (Å²) in [5.41, 5.74) is 6.10. The molecule has 6 nitrogen and oxygen atoms in total. The predicted molar refractivity (Wildman–Crippen MR) is 58.4 cm³/mol. The van der Waals surface area contributed by atoms with Crippen molar-refractivity contribution in [2.75, 3.05) is 0 Å². The molecule has 0 atom stereocenters. The summed E-state index contributed by atoms with van der Waals surface area (Å²) in [7, 11) is 0. The number of primary amides is 1. The van der Waals surface area contributed by atoms with E-state index in [2.05, 4.69) is 10.1 Å². The minimum absolute atomic E-state index is 0.00324. The van der Waals surface area contributed by atoms with Crippen LogP contribution in [0.3, 0.4) is 0 Å². The van der Waals surface area contributed by atoms with E-state index in [9.17, 15) is 9.59 Å². The molecule has 0 unspecified atom stereocenters. The number of nitrogens with zero attached hydrogens (tertiary/aromatic N) is 2. The van der Waals surface area contributed by atoms with Gasteiger partial charge in [0, 0.05) is 18.0 Å². The minimum atomic E-state index is -0.619. The smallest absolute Gasteiger partial charge is 0.274 e. The van der Waals surface area contributed by atoms with Crippen LogP contribution in [-0.2, 0) is 0 Å². The summed E-state index contributed by atoms with van der Waals surface area (Å²) in [5.74, 6) is -0.615. The molecule has 84 valence electrons. The van der Waals surface area contributed by atoms with Crippen LogP contribution < -0.4 is 11.3 Å². The molecule has 0 aliphatic carbocycles. The highest BCUT2D eigenvalue weighted by Crippen LogP contribution is 2.21. The van der Waals surface area contributed by atoms with Crippen LogP contribution in [-0.4, -0.2) is 20.5 Å². The van der Waals surface area contributed by atoms with Gasteiger partial charge in [0.1, 0.15) is 5.52 Å². The molecule has 0 aliphatic rings. The van der Waals surface area contributed by atoms with Gasteiger partial charge in [-0.05, 0) is 5.92 Å². The van der Waals surface area contributed by atoms with Crippen molar-refractivity contribution < 1.29 is 4.79 Å². The van der Waals surface area contributed by atoms with E-state index >= 15 is 0 Å². The third-order valence-electron chi connectivity index (χ3n) is 2.40. The molecule has 16 heavy (non-hydrogen) atoms. The van der Waals surface area contributed by atoms with E-state index in [1.165, 1.54) is 10.7 Å². The zero-order valence-corrected chi connectivity index (χ0v) is 9.02.